The summed E-state index contributed by atoms with van der Waals surface area (Å²) >= 11 is 2.82. The van der Waals surface area contributed by atoms with Crippen molar-refractivity contribution in [3.63, 3.8) is 0 Å². The fourth-order valence-corrected chi connectivity index (χ4v) is 6.19. The van der Waals surface area contributed by atoms with Crippen LogP contribution in [0.15, 0.2) is 54.6 Å². The monoisotopic (exact) mass is 431 g/mol. The lowest BCUT2D eigenvalue weighted by Crippen LogP contribution is -2.51. The molecule has 4 rings (SSSR count). The molecule has 1 heterocycles. The van der Waals surface area contributed by atoms with Gasteiger partial charge in [-0.15, -0.1) is 0 Å². The minimum Gasteiger partial charge on any atom is -0.281 e. The Morgan fingerprint density at radius 3 is 2.42 bits per heavy atom. The van der Waals surface area contributed by atoms with Gasteiger partial charge in [-0.2, -0.15) is 0 Å². The molecule has 126 valence electrons. The van der Waals surface area contributed by atoms with E-state index in [1.807, 2.05) is 0 Å². The van der Waals surface area contributed by atoms with Crippen molar-refractivity contribution in [3.8, 4) is 0 Å². The molecule has 1 saturated carbocycles. The van der Waals surface area contributed by atoms with Gasteiger partial charge in [-0.25, -0.2) is 0 Å². The van der Waals surface area contributed by atoms with Gasteiger partial charge in [0.1, 0.15) is 3.55 Å². The van der Waals surface area contributed by atoms with Crippen LogP contribution >= 0.6 is 22.6 Å². The zero-order valence-corrected chi connectivity index (χ0v) is 16.4. The van der Waals surface area contributed by atoms with Crippen LogP contribution in [-0.2, 0) is 16.5 Å². The van der Waals surface area contributed by atoms with Crippen LogP contribution in [0.25, 0.3) is 0 Å². The second-order valence-corrected chi connectivity index (χ2v) is 8.97. The Morgan fingerprint density at radius 1 is 0.917 bits per heavy atom. The van der Waals surface area contributed by atoms with Crippen LogP contribution in [0.4, 0.5) is 0 Å². The molecule has 2 aromatic rings. The van der Waals surface area contributed by atoms with Crippen LogP contribution in [-0.4, -0.2) is 11.4 Å². The summed E-state index contributed by atoms with van der Waals surface area (Å²) in [5.74, 6) is 0.775. The Hall–Kier alpha value is -0.870. The first-order valence-electron chi connectivity index (χ1n) is 9.35. The molecule has 1 aliphatic carbocycles. The number of hydrogen-bond donors (Lipinski definition) is 0. The molecule has 1 fully saturated rings. The number of hydrogen-bond acceptors (Lipinski definition) is 1. The van der Waals surface area contributed by atoms with Crippen LogP contribution in [0.2, 0.25) is 0 Å². The maximum absolute atomic E-state index is 2.82. The molecule has 0 amide bonds. The van der Waals surface area contributed by atoms with E-state index in [1.54, 1.807) is 11.1 Å². The molecule has 1 aliphatic heterocycles. The fourth-order valence-electron chi connectivity index (χ4n) is 4.63. The highest BCUT2D eigenvalue weighted by atomic mass is 127. The van der Waals surface area contributed by atoms with Crippen molar-refractivity contribution in [2.45, 2.75) is 48.6 Å². The van der Waals surface area contributed by atoms with E-state index >= 15 is 0 Å². The number of nitrogens with zero attached hydrogens (tertiary/aromatic N) is 1. The molecule has 0 spiro atoms. The Morgan fingerprint density at radius 2 is 1.62 bits per heavy atom. The molecule has 2 aromatic carbocycles. The standard InChI is InChI=1S/C22H26IN/c23-22(20-12-5-2-6-13-20)21-14-8-7-11-19(21)15-16-24(22)17-18-9-3-1-4-10-18/h1,3-4,7-11,14,20H,2,5-6,12-13,15-17H2. The summed E-state index contributed by atoms with van der Waals surface area (Å²) in [7, 11) is 0. The lowest BCUT2D eigenvalue weighted by molar-refractivity contribution is 0.0844. The molecule has 2 heteroatoms. The van der Waals surface area contributed by atoms with Gasteiger partial charge in [-0.1, -0.05) is 96.5 Å². The Balaban J connectivity index is 1.72. The summed E-state index contributed by atoms with van der Waals surface area (Å²) in [6.45, 7) is 2.24. The molecule has 1 nitrogen and oxygen atoms in total. The van der Waals surface area contributed by atoms with Crippen LogP contribution < -0.4 is 0 Å². The molecule has 0 aromatic heterocycles. The zero-order chi connectivity index (χ0) is 16.4. The van der Waals surface area contributed by atoms with Crippen LogP contribution in [0.5, 0.6) is 0 Å². The van der Waals surface area contributed by atoms with E-state index in [4.69, 9.17) is 0 Å². The normalized spacial score (nSPS) is 25.4. The molecule has 0 saturated heterocycles. The zero-order valence-electron chi connectivity index (χ0n) is 14.3. The molecule has 0 bridgehead atoms. The minimum absolute atomic E-state index is 0.156. The predicted octanol–water partition coefficient (Wildman–Crippen LogP) is 5.91. The van der Waals surface area contributed by atoms with Gasteiger partial charge in [-0.3, -0.25) is 4.90 Å². The largest absolute Gasteiger partial charge is 0.281 e. The van der Waals surface area contributed by atoms with E-state index in [-0.39, 0.29) is 3.55 Å². The third-order valence-corrected chi connectivity index (χ3v) is 8.01. The quantitative estimate of drug-likeness (QED) is 0.332. The topological polar surface area (TPSA) is 3.24 Å². The van der Waals surface area contributed by atoms with Gasteiger partial charge in [0.25, 0.3) is 0 Å². The maximum atomic E-state index is 2.82. The number of benzene rings is 2. The molecule has 2 aliphatic rings. The first kappa shape index (κ1) is 16.6. The third-order valence-electron chi connectivity index (χ3n) is 5.87. The van der Waals surface area contributed by atoms with E-state index < -0.39 is 0 Å². The highest BCUT2D eigenvalue weighted by Crippen LogP contribution is 2.52. The van der Waals surface area contributed by atoms with Gasteiger partial charge >= 0.3 is 0 Å². The van der Waals surface area contributed by atoms with Gasteiger partial charge in [0, 0.05) is 13.1 Å². The molecular weight excluding hydrogens is 405 g/mol. The van der Waals surface area contributed by atoms with E-state index in [0.717, 1.165) is 12.5 Å². The van der Waals surface area contributed by atoms with Crippen molar-refractivity contribution >= 4 is 22.6 Å². The Kier molecular flexibility index (Phi) is 4.95. The first-order chi connectivity index (χ1) is 11.8. The van der Waals surface area contributed by atoms with Gasteiger partial charge in [0.2, 0.25) is 0 Å². The van der Waals surface area contributed by atoms with E-state index in [1.165, 1.54) is 50.6 Å². The van der Waals surface area contributed by atoms with Gasteiger partial charge in [0.15, 0.2) is 0 Å². The van der Waals surface area contributed by atoms with Crippen molar-refractivity contribution < 1.29 is 0 Å². The average molecular weight is 431 g/mol. The lowest BCUT2D eigenvalue weighted by Gasteiger charge is -2.50. The molecule has 0 radical (unpaired) electrons. The summed E-state index contributed by atoms with van der Waals surface area (Å²) in [5.41, 5.74) is 4.59. The average Bonchev–Trinajstić information content (AvgIpc) is 2.66. The summed E-state index contributed by atoms with van der Waals surface area (Å²) in [6, 6.07) is 20.2. The molecule has 24 heavy (non-hydrogen) atoms. The smallest absolute Gasteiger partial charge is 0.102 e. The van der Waals surface area contributed by atoms with Crippen molar-refractivity contribution in [2.24, 2.45) is 5.92 Å². The SMILES string of the molecule is IC1(C2CCCCC2)c2ccccc2CCN1Cc1ccccc1. The summed E-state index contributed by atoms with van der Waals surface area (Å²) in [5, 5.41) is 0. The lowest BCUT2D eigenvalue weighted by atomic mass is 9.77. The van der Waals surface area contributed by atoms with E-state index in [2.05, 4.69) is 82.1 Å². The number of fused-ring (bicyclic) bond motifs is 1. The van der Waals surface area contributed by atoms with Crippen molar-refractivity contribution in [3.05, 3.63) is 71.3 Å². The second-order valence-electron chi connectivity index (χ2n) is 7.32. The first-order valence-corrected chi connectivity index (χ1v) is 10.4. The van der Waals surface area contributed by atoms with Gasteiger partial charge in [-0.05, 0) is 41.9 Å². The highest BCUT2D eigenvalue weighted by Gasteiger charge is 2.46. The third kappa shape index (κ3) is 3.03. The minimum atomic E-state index is 0.156. The molecule has 1 atom stereocenters. The van der Waals surface area contributed by atoms with Gasteiger partial charge in [0.05, 0.1) is 0 Å². The van der Waals surface area contributed by atoms with Crippen molar-refractivity contribution in [2.75, 3.05) is 6.54 Å². The fraction of sp³-hybridized carbons (Fsp3) is 0.455. The number of alkyl halides is 1. The van der Waals surface area contributed by atoms with Crippen LogP contribution in [0, 0.1) is 5.92 Å². The van der Waals surface area contributed by atoms with Crippen LogP contribution in [0.3, 0.4) is 0 Å². The van der Waals surface area contributed by atoms with Crippen molar-refractivity contribution in [1.29, 1.82) is 0 Å². The highest BCUT2D eigenvalue weighted by molar-refractivity contribution is 14.1. The number of rotatable bonds is 3. The summed E-state index contributed by atoms with van der Waals surface area (Å²) in [4.78, 5) is 2.77. The summed E-state index contributed by atoms with van der Waals surface area (Å²) < 4.78 is 0.156. The maximum Gasteiger partial charge on any atom is 0.102 e. The number of halogens is 1. The molecule has 0 N–H and O–H groups in total. The second kappa shape index (κ2) is 7.17. The van der Waals surface area contributed by atoms with Gasteiger partial charge < -0.3 is 0 Å². The summed E-state index contributed by atoms with van der Waals surface area (Å²) in [6.07, 6.45) is 8.16. The van der Waals surface area contributed by atoms with E-state index in [9.17, 15) is 0 Å². The Labute approximate surface area is 159 Å². The molecular formula is C22H26IN. The molecule has 1 unspecified atom stereocenters. The predicted molar refractivity (Wildman–Crippen MR) is 109 cm³/mol. The van der Waals surface area contributed by atoms with Crippen molar-refractivity contribution in [1.82, 2.24) is 4.90 Å². The Bertz CT molecular complexity index is 677. The van der Waals surface area contributed by atoms with E-state index in [0.29, 0.717) is 0 Å². The van der Waals surface area contributed by atoms with Crippen LogP contribution in [0.1, 0.15) is 48.8 Å².